The number of rotatable bonds is 6. The van der Waals surface area contributed by atoms with Gasteiger partial charge in [-0.25, -0.2) is 9.59 Å². The minimum absolute atomic E-state index is 0.213. The lowest BCUT2D eigenvalue weighted by molar-refractivity contribution is -0.142. The molecule has 1 aliphatic rings. The average Bonchev–Trinajstić information content (AvgIpc) is 2.87. The zero-order valence-electron chi connectivity index (χ0n) is 7.78. The number of hydrogen-bond acceptors (Lipinski definition) is 3. The van der Waals surface area contributed by atoms with Crippen molar-refractivity contribution in [1.29, 1.82) is 0 Å². The lowest BCUT2D eigenvalue weighted by atomic mass is 10.6. The van der Waals surface area contributed by atoms with Gasteiger partial charge in [0.25, 0.3) is 0 Å². The van der Waals surface area contributed by atoms with Gasteiger partial charge in [0.15, 0.2) is 0 Å². The molecule has 2 amide bonds. The van der Waals surface area contributed by atoms with Gasteiger partial charge in [-0.2, -0.15) is 0 Å². The van der Waals surface area contributed by atoms with E-state index in [1.807, 2.05) is 0 Å². The van der Waals surface area contributed by atoms with Crippen LogP contribution in [0.1, 0.15) is 12.8 Å². The van der Waals surface area contributed by atoms with Gasteiger partial charge in [0, 0.05) is 12.6 Å². The first-order valence-corrected chi connectivity index (χ1v) is 4.52. The van der Waals surface area contributed by atoms with E-state index in [1.165, 1.54) is 0 Å². The van der Waals surface area contributed by atoms with E-state index in [1.54, 1.807) is 0 Å². The van der Waals surface area contributed by atoms with E-state index < -0.39 is 5.97 Å². The molecule has 3 N–H and O–H groups in total. The maximum Gasteiger partial charge on any atom is 0.329 e. The van der Waals surface area contributed by atoms with E-state index in [9.17, 15) is 9.59 Å². The Labute approximate surface area is 81.6 Å². The van der Waals surface area contributed by atoms with Crippen molar-refractivity contribution in [2.75, 3.05) is 19.8 Å². The lowest BCUT2D eigenvalue weighted by Crippen LogP contribution is -2.38. The number of nitrogens with one attached hydrogen (secondary N) is 2. The van der Waals surface area contributed by atoms with Crippen molar-refractivity contribution in [2.45, 2.75) is 18.9 Å². The third kappa shape index (κ3) is 5.36. The number of carbonyl (C=O) groups excluding carboxylic acids is 1. The molecule has 0 atom stereocenters. The quantitative estimate of drug-likeness (QED) is 0.509. The summed E-state index contributed by atoms with van der Waals surface area (Å²) in [7, 11) is 0. The summed E-state index contributed by atoms with van der Waals surface area (Å²) in [6.45, 7) is 0.210. The molecule has 1 rings (SSSR count). The molecule has 0 bridgehead atoms. The van der Waals surface area contributed by atoms with Crippen LogP contribution in [-0.2, 0) is 9.53 Å². The average molecular weight is 202 g/mol. The van der Waals surface area contributed by atoms with Crippen LogP contribution in [0.15, 0.2) is 0 Å². The Bertz CT molecular complexity index is 215. The van der Waals surface area contributed by atoms with Crippen LogP contribution >= 0.6 is 0 Å². The molecule has 1 aliphatic carbocycles. The van der Waals surface area contributed by atoms with Crippen molar-refractivity contribution in [3.63, 3.8) is 0 Å². The van der Waals surface area contributed by atoms with Gasteiger partial charge in [0.05, 0.1) is 6.61 Å². The molecule has 0 heterocycles. The van der Waals surface area contributed by atoms with Gasteiger partial charge in [-0.05, 0) is 12.8 Å². The fourth-order valence-electron chi connectivity index (χ4n) is 0.860. The van der Waals surface area contributed by atoms with Crippen molar-refractivity contribution in [1.82, 2.24) is 10.6 Å². The summed E-state index contributed by atoms with van der Waals surface area (Å²) in [4.78, 5) is 21.0. The second kappa shape index (κ2) is 5.43. The Balaban J connectivity index is 1.87. The van der Waals surface area contributed by atoms with E-state index in [4.69, 9.17) is 9.84 Å². The molecule has 6 heteroatoms. The zero-order chi connectivity index (χ0) is 10.4. The van der Waals surface area contributed by atoms with Gasteiger partial charge in [0.2, 0.25) is 0 Å². The van der Waals surface area contributed by atoms with Gasteiger partial charge in [0.1, 0.15) is 6.61 Å². The molecule has 0 aliphatic heterocycles. The summed E-state index contributed by atoms with van der Waals surface area (Å²) in [6, 6.07) is 0.112. The molecule has 0 aromatic heterocycles. The highest BCUT2D eigenvalue weighted by Gasteiger charge is 2.22. The summed E-state index contributed by atoms with van der Waals surface area (Å²) in [5, 5.41) is 13.5. The second-order valence-electron chi connectivity index (χ2n) is 3.12. The predicted octanol–water partition coefficient (Wildman–Crippen LogP) is -0.451. The van der Waals surface area contributed by atoms with Crippen LogP contribution in [0.25, 0.3) is 0 Å². The van der Waals surface area contributed by atoms with Crippen molar-refractivity contribution < 1.29 is 19.4 Å². The van der Waals surface area contributed by atoms with E-state index >= 15 is 0 Å². The minimum atomic E-state index is -1.01. The fraction of sp³-hybridized carbons (Fsp3) is 0.750. The molecule has 0 unspecified atom stereocenters. The normalized spacial score (nSPS) is 14.9. The van der Waals surface area contributed by atoms with Crippen LogP contribution in [0.5, 0.6) is 0 Å². The summed E-state index contributed by atoms with van der Waals surface area (Å²) in [6.07, 6.45) is 2.09. The molecule has 0 radical (unpaired) electrons. The molecule has 0 aromatic rings. The van der Waals surface area contributed by atoms with Gasteiger partial charge in [-0.15, -0.1) is 0 Å². The number of hydrogen-bond donors (Lipinski definition) is 3. The molecule has 1 saturated carbocycles. The molecule has 0 saturated heterocycles. The van der Waals surface area contributed by atoms with Crippen molar-refractivity contribution in [3.05, 3.63) is 0 Å². The summed E-state index contributed by atoms with van der Waals surface area (Å²) >= 11 is 0. The Hall–Kier alpha value is -1.30. The molecule has 0 aromatic carbocycles. The lowest BCUT2D eigenvalue weighted by Gasteiger charge is -2.05. The van der Waals surface area contributed by atoms with Crippen LogP contribution in [0.2, 0.25) is 0 Å². The smallest absolute Gasteiger partial charge is 0.329 e. The van der Waals surface area contributed by atoms with Crippen LogP contribution in [-0.4, -0.2) is 42.9 Å². The van der Waals surface area contributed by atoms with E-state index in [2.05, 4.69) is 10.6 Å². The summed E-state index contributed by atoms with van der Waals surface area (Å²) < 4.78 is 4.72. The summed E-state index contributed by atoms with van der Waals surface area (Å²) in [5.41, 5.74) is 0. The van der Waals surface area contributed by atoms with Gasteiger partial charge in [-0.3, -0.25) is 0 Å². The highest BCUT2D eigenvalue weighted by Crippen LogP contribution is 2.17. The number of carbonyl (C=O) groups is 2. The Kier molecular flexibility index (Phi) is 4.18. The molecule has 14 heavy (non-hydrogen) atoms. The fourth-order valence-corrected chi connectivity index (χ4v) is 0.860. The summed E-state index contributed by atoms with van der Waals surface area (Å²) in [5.74, 6) is -1.01. The molecule has 0 spiro atoms. The highest BCUT2D eigenvalue weighted by molar-refractivity contribution is 5.74. The van der Waals surface area contributed by atoms with Gasteiger partial charge in [-0.1, -0.05) is 0 Å². The predicted molar refractivity (Wildman–Crippen MR) is 48.0 cm³/mol. The third-order valence-electron chi connectivity index (χ3n) is 1.67. The molecule has 80 valence electrons. The zero-order valence-corrected chi connectivity index (χ0v) is 7.78. The number of carboxylic acid groups (broad SMARTS) is 1. The monoisotopic (exact) mass is 202 g/mol. The van der Waals surface area contributed by atoms with Crippen LogP contribution < -0.4 is 10.6 Å². The number of ether oxygens (including phenoxy) is 1. The van der Waals surface area contributed by atoms with Crippen LogP contribution in [0.4, 0.5) is 4.79 Å². The van der Waals surface area contributed by atoms with Crippen molar-refractivity contribution >= 4 is 12.0 Å². The van der Waals surface area contributed by atoms with E-state index in [0.717, 1.165) is 12.8 Å². The van der Waals surface area contributed by atoms with Gasteiger partial charge >= 0.3 is 12.0 Å². The highest BCUT2D eigenvalue weighted by atomic mass is 16.5. The van der Waals surface area contributed by atoms with Gasteiger partial charge < -0.3 is 20.5 Å². The second-order valence-corrected chi connectivity index (χ2v) is 3.12. The number of urea groups is 1. The van der Waals surface area contributed by atoms with Crippen LogP contribution in [0.3, 0.4) is 0 Å². The maximum atomic E-state index is 11.0. The van der Waals surface area contributed by atoms with Crippen molar-refractivity contribution in [2.24, 2.45) is 0 Å². The largest absolute Gasteiger partial charge is 0.480 e. The van der Waals surface area contributed by atoms with E-state index in [-0.39, 0.29) is 19.2 Å². The molecule has 1 fully saturated rings. The standard InChI is InChI=1S/C8H14N2O4/c11-7(12)5-14-4-3-9-8(13)10-6-1-2-6/h6H,1-5H2,(H,11,12)(H2,9,10,13). The van der Waals surface area contributed by atoms with Crippen molar-refractivity contribution in [3.8, 4) is 0 Å². The first-order valence-electron chi connectivity index (χ1n) is 4.52. The Morgan fingerprint density at radius 1 is 1.43 bits per heavy atom. The number of aliphatic carboxylic acids is 1. The SMILES string of the molecule is O=C(O)COCCNC(=O)NC1CC1. The Morgan fingerprint density at radius 3 is 2.71 bits per heavy atom. The van der Waals surface area contributed by atoms with E-state index in [0.29, 0.717) is 12.6 Å². The third-order valence-corrected chi connectivity index (χ3v) is 1.67. The molecular formula is C8H14N2O4. The number of carboxylic acids is 1. The Morgan fingerprint density at radius 2 is 2.14 bits per heavy atom. The minimum Gasteiger partial charge on any atom is -0.480 e. The molecule has 6 nitrogen and oxygen atoms in total. The molecular weight excluding hydrogens is 188 g/mol. The first kappa shape index (κ1) is 10.8. The number of amides is 2. The maximum absolute atomic E-state index is 11.0. The first-order chi connectivity index (χ1) is 6.68. The van der Waals surface area contributed by atoms with Crippen LogP contribution in [0, 0.1) is 0 Å². The topological polar surface area (TPSA) is 87.7 Å².